The lowest BCUT2D eigenvalue weighted by Crippen LogP contribution is -2.02. The van der Waals surface area contributed by atoms with Crippen LogP contribution in [0, 0.1) is 6.92 Å². The summed E-state index contributed by atoms with van der Waals surface area (Å²) in [4.78, 5) is 0. The van der Waals surface area contributed by atoms with Crippen LogP contribution in [0.4, 0.5) is 8.78 Å². The number of alkyl halides is 2. The van der Waals surface area contributed by atoms with E-state index in [-0.39, 0.29) is 11.6 Å². The van der Waals surface area contributed by atoms with Gasteiger partial charge in [-0.05, 0) is 44.5 Å². The van der Waals surface area contributed by atoms with Crippen LogP contribution in [-0.4, -0.2) is 14.3 Å². The van der Waals surface area contributed by atoms with E-state index in [4.69, 9.17) is 0 Å². The second kappa shape index (κ2) is 5.23. The second-order valence-electron chi connectivity index (χ2n) is 5.95. The third kappa shape index (κ3) is 2.30. The van der Waals surface area contributed by atoms with Crippen LogP contribution in [0.25, 0.3) is 22.0 Å². The normalized spacial score (nSPS) is 12.0. The van der Waals surface area contributed by atoms with Crippen molar-refractivity contribution >= 4 is 10.9 Å². The molecule has 3 aromatic rings. The molecule has 0 fully saturated rings. The van der Waals surface area contributed by atoms with Gasteiger partial charge in [0.15, 0.2) is 0 Å². The third-order valence-electron chi connectivity index (χ3n) is 3.97. The quantitative estimate of drug-likeness (QED) is 0.677. The summed E-state index contributed by atoms with van der Waals surface area (Å²) in [6.07, 6.45) is 0.869. The molecule has 0 aliphatic carbocycles. The summed E-state index contributed by atoms with van der Waals surface area (Å²) < 4.78 is 30.8. The van der Waals surface area contributed by atoms with E-state index in [0.29, 0.717) is 5.56 Å². The van der Waals surface area contributed by atoms with Crippen molar-refractivity contribution in [2.24, 2.45) is 7.05 Å². The Morgan fingerprint density at radius 3 is 2.41 bits per heavy atom. The molecule has 3 nitrogen and oxygen atoms in total. The molecule has 0 saturated carbocycles. The molecule has 116 valence electrons. The number of halogens is 2. The van der Waals surface area contributed by atoms with Crippen molar-refractivity contribution in [3.8, 4) is 11.1 Å². The highest BCUT2D eigenvalue weighted by Gasteiger charge is 2.19. The predicted molar refractivity (Wildman–Crippen MR) is 84.2 cm³/mol. The Kier molecular flexibility index (Phi) is 3.51. The summed E-state index contributed by atoms with van der Waals surface area (Å²) in [6, 6.07) is 5.74. The van der Waals surface area contributed by atoms with Crippen LogP contribution in [0.15, 0.2) is 30.6 Å². The Bertz CT molecular complexity index is 828. The van der Waals surface area contributed by atoms with Gasteiger partial charge in [-0.2, -0.15) is 5.10 Å². The summed E-state index contributed by atoms with van der Waals surface area (Å²) in [5.41, 5.74) is 3.26. The van der Waals surface area contributed by atoms with E-state index >= 15 is 0 Å². The Balaban J connectivity index is 2.31. The Labute approximate surface area is 128 Å². The van der Waals surface area contributed by atoms with E-state index in [9.17, 15) is 8.78 Å². The molecule has 0 amide bonds. The number of rotatable bonds is 3. The van der Waals surface area contributed by atoms with E-state index in [1.807, 2.05) is 19.1 Å². The molecule has 0 N–H and O–H groups in total. The summed E-state index contributed by atoms with van der Waals surface area (Å²) in [7, 11) is 1.78. The van der Waals surface area contributed by atoms with Gasteiger partial charge in [0.1, 0.15) is 0 Å². The SMILES string of the molecule is Cc1cc2cc(-c3cnn(C)c3)c(C(F)F)cc2n1C(C)C. The van der Waals surface area contributed by atoms with E-state index in [1.165, 1.54) is 0 Å². The highest BCUT2D eigenvalue weighted by molar-refractivity contribution is 5.88. The largest absolute Gasteiger partial charge is 0.342 e. The summed E-state index contributed by atoms with van der Waals surface area (Å²) in [5.74, 6) is 0. The van der Waals surface area contributed by atoms with E-state index in [0.717, 1.165) is 22.2 Å². The smallest absolute Gasteiger partial charge is 0.264 e. The van der Waals surface area contributed by atoms with Crippen LogP contribution in [-0.2, 0) is 7.05 Å². The lowest BCUT2D eigenvalue weighted by molar-refractivity contribution is 0.152. The van der Waals surface area contributed by atoms with Crippen LogP contribution < -0.4 is 0 Å². The highest BCUT2D eigenvalue weighted by Crippen LogP contribution is 2.36. The van der Waals surface area contributed by atoms with Gasteiger partial charge in [-0.3, -0.25) is 4.68 Å². The second-order valence-corrected chi connectivity index (χ2v) is 5.95. The number of aryl methyl sites for hydroxylation is 2. The monoisotopic (exact) mass is 303 g/mol. The zero-order chi connectivity index (χ0) is 16.0. The molecule has 0 unspecified atom stereocenters. The van der Waals surface area contributed by atoms with Gasteiger partial charge < -0.3 is 4.57 Å². The van der Waals surface area contributed by atoms with Gasteiger partial charge in [0.25, 0.3) is 6.43 Å². The first kappa shape index (κ1) is 14.8. The van der Waals surface area contributed by atoms with Crippen molar-refractivity contribution in [3.63, 3.8) is 0 Å². The summed E-state index contributed by atoms with van der Waals surface area (Å²) in [5, 5.41) is 5.07. The van der Waals surface area contributed by atoms with E-state index in [1.54, 1.807) is 30.2 Å². The van der Waals surface area contributed by atoms with Crippen molar-refractivity contribution in [2.75, 3.05) is 0 Å². The van der Waals surface area contributed by atoms with Crippen LogP contribution in [0.1, 0.15) is 37.6 Å². The molecule has 0 aliphatic heterocycles. The Morgan fingerprint density at radius 1 is 1.14 bits per heavy atom. The zero-order valence-corrected chi connectivity index (χ0v) is 13.1. The number of aromatic nitrogens is 3. The first-order valence-corrected chi connectivity index (χ1v) is 7.31. The Hall–Kier alpha value is -2.17. The maximum absolute atomic E-state index is 13.6. The van der Waals surface area contributed by atoms with Gasteiger partial charge in [-0.1, -0.05) is 0 Å². The Morgan fingerprint density at radius 2 is 1.86 bits per heavy atom. The summed E-state index contributed by atoms with van der Waals surface area (Å²) >= 11 is 0. The van der Waals surface area contributed by atoms with Crippen LogP contribution in [0.5, 0.6) is 0 Å². The molecular weight excluding hydrogens is 284 g/mol. The standard InChI is InChI=1S/C17H19F2N3/c1-10(2)22-11(3)5-12-6-14(13-8-20-21(4)9-13)15(17(18)19)7-16(12)22/h5-10,17H,1-4H3. The molecule has 0 spiro atoms. The lowest BCUT2D eigenvalue weighted by atomic mass is 10.0. The van der Waals surface area contributed by atoms with Crippen molar-refractivity contribution < 1.29 is 8.78 Å². The molecule has 1 aromatic carbocycles. The fraction of sp³-hybridized carbons (Fsp3) is 0.353. The minimum absolute atomic E-state index is 0.0560. The molecule has 0 radical (unpaired) electrons. The molecular formula is C17H19F2N3. The van der Waals surface area contributed by atoms with Crippen LogP contribution in [0.2, 0.25) is 0 Å². The van der Waals surface area contributed by atoms with Crippen molar-refractivity contribution in [3.05, 3.63) is 41.9 Å². The van der Waals surface area contributed by atoms with Gasteiger partial charge in [-0.15, -0.1) is 0 Å². The van der Waals surface area contributed by atoms with E-state index in [2.05, 4.69) is 23.5 Å². The van der Waals surface area contributed by atoms with Gasteiger partial charge in [0.05, 0.1) is 6.20 Å². The van der Waals surface area contributed by atoms with Gasteiger partial charge in [0, 0.05) is 47.0 Å². The lowest BCUT2D eigenvalue weighted by Gasteiger charge is -2.14. The average molecular weight is 303 g/mol. The van der Waals surface area contributed by atoms with Crippen molar-refractivity contribution in [2.45, 2.75) is 33.2 Å². The number of benzene rings is 1. The molecule has 0 saturated heterocycles. The molecule has 5 heteroatoms. The fourth-order valence-electron chi connectivity index (χ4n) is 3.11. The maximum atomic E-state index is 13.6. The summed E-state index contributed by atoms with van der Waals surface area (Å²) in [6.45, 7) is 6.12. The van der Waals surface area contributed by atoms with Crippen LogP contribution >= 0.6 is 0 Å². The molecule has 3 rings (SSSR count). The topological polar surface area (TPSA) is 22.8 Å². The predicted octanol–water partition coefficient (Wildman–Crippen LogP) is 4.87. The molecule has 0 atom stereocenters. The van der Waals surface area contributed by atoms with Crippen molar-refractivity contribution in [1.82, 2.24) is 14.3 Å². The fourth-order valence-corrected chi connectivity index (χ4v) is 3.11. The van der Waals surface area contributed by atoms with Gasteiger partial charge in [0.2, 0.25) is 0 Å². The first-order valence-electron chi connectivity index (χ1n) is 7.31. The molecule has 2 heterocycles. The first-order chi connectivity index (χ1) is 10.4. The van der Waals surface area contributed by atoms with Crippen LogP contribution in [0.3, 0.4) is 0 Å². The number of hydrogen-bond donors (Lipinski definition) is 0. The van der Waals surface area contributed by atoms with E-state index < -0.39 is 6.43 Å². The molecule has 22 heavy (non-hydrogen) atoms. The van der Waals surface area contributed by atoms with Crippen molar-refractivity contribution in [1.29, 1.82) is 0 Å². The van der Waals surface area contributed by atoms with Gasteiger partial charge in [-0.25, -0.2) is 8.78 Å². The van der Waals surface area contributed by atoms with Gasteiger partial charge >= 0.3 is 0 Å². The number of nitrogens with zero attached hydrogens (tertiary/aromatic N) is 3. The molecule has 0 bridgehead atoms. The average Bonchev–Trinajstić information content (AvgIpc) is 2.98. The zero-order valence-electron chi connectivity index (χ0n) is 13.1. The molecule has 2 aromatic heterocycles. The molecule has 0 aliphatic rings. The third-order valence-corrected chi connectivity index (χ3v) is 3.97. The maximum Gasteiger partial charge on any atom is 0.264 e. The minimum Gasteiger partial charge on any atom is -0.342 e. The number of hydrogen-bond acceptors (Lipinski definition) is 1. The minimum atomic E-state index is -2.52. The highest BCUT2D eigenvalue weighted by atomic mass is 19.3. The number of fused-ring (bicyclic) bond motifs is 1.